The molecule has 0 amide bonds. The topological polar surface area (TPSA) is 38.7 Å². The summed E-state index contributed by atoms with van der Waals surface area (Å²) >= 11 is 0. The molecule has 1 unspecified atom stereocenters. The second kappa shape index (κ2) is 4.49. The van der Waals surface area contributed by atoms with E-state index < -0.39 is 6.10 Å². The Morgan fingerprint density at radius 3 is 2.95 bits per heavy atom. The van der Waals surface area contributed by atoms with Gasteiger partial charge in [0.2, 0.25) is 0 Å². The zero-order valence-electron chi connectivity index (χ0n) is 13.5. The minimum Gasteiger partial charge on any atom is -0.493 e. The number of quaternary nitrogens is 1. The van der Waals surface area contributed by atoms with Gasteiger partial charge in [0, 0.05) is 24.0 Å². The molecule has 2 aliphatic heterocycles. The standard InChI is InChI=1S/C18H24NO3/c1-19(2)9-8-18-7-6-13(20)10-15(18)22-17-14(21-3)5-4-12(11-19)16(17)18/h4-7,13,15,20H,8-11H2,1-3H3/q+1/t13-,15?,18-/m0/s1. The number of aliphatic hydroxyl groups is 1. The SMILES string of the molecule is COc1ccc2c3c1OC1C[C@@H](O)C=C[C@@]31CC[N+](C)(C)C2. The molecule has 4 rings (SSSR count). The molecular formula is C18H24NO3+. The number of ether oxygens (including phenoxy) is 2. The third kappa shape index (κ3) is 1.83. The summed E-state index contributed by atoms with van der Waals surface area (Å²) in [5.41, 5.74) is 2.54. The van der Waals surface area contributed by atoms with Crippen molar-refractivity contribution < 1.29 is 19.1 Å². The highest BCUT2D eigenvalue weighted by Crippen LogP contribution is 2.56. The molecule has 0 radical (unpaired) electrons. The molecule has 2 heterocycles. The Bertz CT molecular complexity index is 652. The number of nitrogens with zero attached hydrogens (tertiary/aromatic N) is 1. The van der Waals surface area contributed by atoms with E-state index in [4.69, 9.17) is 9.47 Å². The summed E-state index contributed by atoms with van der Waals surface area (Å²) in [4.78, 5) is 0. The number of rotatable bonds is 1. The maximum absolute atomic E-state index is 10.0. The van der Waals surface area contributed by atoms with Gasteiger partial charge in [-0.05, 0) is 12.1 Å². The largest absolute Gasteiger partial charge is 0.493 e. The maximum atomic E-state index is 10.0. The Morgan fingerprint density at radius 2 is 2.18 bits per heavy atom. The van der Waals surface area contributed by atoms with Gasteiger partial charge in [0.25, 0.3) is 0 Å². The average molecular weight is 302 g/mol. The van der Waals surface area contributed by atoms with Crippen molar-refractivity contribution in [1.82, 2.24) is 0 Å². The lowest BCUT2D eigenvalue weighted by Gasteiger charge is -2.36. The van der Waals surface area contributed by atoms with Crippen LogP contribution in [0.4, 0.5) is 0 Å². The van der Waals surface area contributed by atoms with E-state index in [9.17, 15) is 5.11 Å². The van der Waals surface area contributed by atoms with Crippen LogP contribution >= 0.6 is 0 Å². The molecular weight excluding hydrogens is 278 g/mol. The molecule has 0 fully saturated rings. The van der Waals surface area contributed by atoms with Crippen LogP contribution in [0.25, 0.3) is 0 Å². The van der Waals surface area contributed by atoms with E-state index in [1.54, 1.807) is 7.11 Å². The molecule has 3 atom stereocenters. The van der Waals surface area contributed by atoms with Crippen LogP contribution in [0.2, 0.25) is 0 Å². The fourth-order valence-electron chi connectivity index (χ4n) is 4.36. The summed E-state index contributed by atoms with van der Waals surface area (Å²) < 4.78 is 12.8. The minimum atomic E-state index is -0.412. The van der Waals surface area contributed by atoms with Gasteiger partial charge in [0.15, 0.2) is 11.5 Å². The van der Waals surface area contributed by atoms with Crippen molar-refractivity contribution in [2.45, 2.75) is 37.0 Å². The van der Waals surface area contributed by atoms with Crippen molar-refractivity contribution in [3.63, 3.8) is 0 Å². The van der Waals surface area contributed by atoms with Gasteiger partial charge in [-0.1, -0.05) is 12.2 Å². The van der Waals surface area contributed by atoms with Crippen molar-refractivity contribution in [3.8, 4) is 11.5 Å². The highest BCUT2D eigenvalue weighted by atomic mass is 16.5. The first-order valence-electron chi connectivity index (χ1n) is 8.02. The molecule has 4 heteroatoms. The van der Waals surface area contributed by atoms with Crippen LogP contribution in [-0.2, 0) is 12.0 Å². The molecule has 0 bridgehead atoms. The van der Waals surface area contributed by atoms with Crippen LogP contribution in [-0.4, -0.2) is 49.5 Å². The third-order valence-electron chi connectivity index (χ3n) is 5.53. The second-order valence-electron chi connectivity index (χ2n) is 7.51. The zero-order chi connectivity index (χ0) is 15.5. The van der Waals surface area contributed by atoms with Gasteiger partial charge < -0.3 is 19.1 Å². The van der Waals surface area contributed by atoms with Crippen molar-refractivity contribution >= 4 is 0 Å². The minimum absolute atomic E-state index is 0.00986. The lowest BCUT2D eigenvalue weighted by Crippen LogP contribution is -2.45. The van der Waals surface area contributed by atoms with Crippen LogP contribution in [0.5, 0.6) is 11.5 Å². The van der Waals surface area contributed by atoms with Gasteiger partial charge in [0.05, 0.1) is 39.3 Å². The Labute approximate surface area is 131 Å². The van der Waals surface area contributed by atoms with Crippen LogP contribution < -0.4 is 9.47 Å². The Hall–Kier alpha value is -1.52. The first-order chi connectivity index (χ1) is 10.5. The van der Waals surface area contributed by atoms with Crippen molar-refractivity contribution in [1.29, 1.82) is 0 Å². The van der Waals surface area contributed by atoms with Crippen LogP contribution in [0.1, 0.15) is 24.0 Å². The first-order valence-corrected chi connectivity index (χ1v) is 8.02. The zero-order valence-corrected chi connectivity index (χ0v) is 13.5. The Kier molecular flexibility index (Phi) is 2.88. The van der Waals surface area contributed by atoms with Crippen LogP contribution in [0.15, 0.2) is 24.3 Å². The monoisotopic (exact) mass is 302 g/mol. The number of benzene rings is 1. The van der Waals surface area contributed by atoms with E-state index in [0.717, 1.165) is 35.5 Å². The molecule has 1 N–H and O–H groups in total. The van der Waals surface area contributed by atoms with Crippen molar-refractivity contribution in [3.05, 3.63) is 35.4 Å². The number of methoxy groups -OCH3 is 1. The van der Waals surface area contributed by atoms with Gasteiger partial charge in [-0.15, -0.1) is 0 Å². The highest BCUT2D eigenvalue weighted by molar-refractivity contribution is 5.60. The molecule has 0 saturated heterocycles. The molecule has 22 heavy (non-hydrogen) atoms. The molecule has 1 aromatic carbocycles. The predicted octanol–water partition coefficient (Wildman–Crippen LogP) is 1.99. The molecule has 0 aromatic heterocycles. The third-order valence-corrected chi connectivity index (χ3v) is 5.53. The number of aliphatic hydroxyl groups excluding tert-OH is 1. The van der Waals surface area contributed by atoms with E-state index in [-0.39, 0.29) is 11.5 Å². The fourth-order valence-corrected chi connectivity index (χ4v) is 4.36. The molecule has 1 aromatic rings. The molecule has 3 aliphatic rings. The number of hydrogen-bond acceptors (Lipinski definition) is 3. The molecule has 118 valence electrons. The van der Waals surface area contributed by atoms with E-state index in [2.05, 4.69) is 26.2 Å². The lowest BCUT2D eigenvalue weighted by atomic mass is 9.69. The Morgan fingerprint density at radius 1 is 1.36 bits per heavy atom. The molecule has 1 spiro atoms. The van der Waals surface area contributed by atoms with Crippen LogP contribution in [0, 0.1) is 0 Å². The van der Waals surface area contributed by atoms with Gasteiger partial charge >= 0.3 is 0 Å². The van der Waals surface area contributed by atoms with E-state index >= 15 is 0 Å². The van der Waals surface area contributed by atoms with E-state index in [1.165, 1.54) is 11.1 Å². The molecule has 0 saturated carbocycles. The smallest absolute Gasteiger partial charge is 0.166 e. The summed E-state index contributed by atoms with van der Waals surface area (Å²) in [7, 11) is 6.26. The van der Waals surface area contributed by atoms with Gasteiger partial charge in [-0.2, -0.15) is 0 Å². The summed E-state index contributed by atoms with van der Waals surface area (Å²) in [6.45, 7) is 2.09. The van der Waals surface area contributed by atoms with E-state index in [0.29, 0.717) is 6.42 Å². The van der Waals surface area contributed by atoms with Gasteiger partial charge in [0.1, 0.15) is 12.6 Å². The highest BCUT2D eigenvalue weighted by Gasteiger charge is 2.54. The molecule has 1 aliphatic carbocycles. The summed E-state index contributed by atoms with van der Waals surface area (Å²) in [6, 6.07) is 4.21. The second-order valence-corrected chi connectivity index (χ2v) is 7.51. The lowest BCUT2D eigenvalue weighted by molar-refractivity contribution is -0.903. The van der Waals surface area contributed by atoms with Crippen LogP contribution in [0.3, 0.4) is 0 Å². The normalized spacial score (nSPS) is 34.4. The predicted molar refractivity (Wildman–Crippen MR) is 84.1 cm³/mol. The summed E-state index contributed by atoms with van der Waals surface area (Å²) in [5.74, 6) is 1.70. The maximum Gasteiger partial charge on any atom is 0.166 e. The van der Waals surface area contributed by atoms with E-state index in [1.807, 2.05) is 12.1 Å². The average Bonchev–Trinajstić information content (AvgIpc) is 2.74. The van der Waals surface area contributed by atoms with Gasteiger partial charge in [-0.3, -0.25) is 0 Å². The first kappa shape index (κ1) is 14.1. The summed E-state index contributed by atoms with van der Waals surface area (Å²) in [5, 5.41) is 10.0. The van der Waals surface area contributed by atoms with Crippen molar-refractivity contribution in [2.75, 3.05) is 27.7 Å². The fraction of sp³-hybridized carbons (Fsp3) is 0.556. The summed E-state index contributed by atoms with van der Waals surface area (Å²) in [6.07, 6.45) is 5.44. The Balaban J connectivity index is 1.96. The number of hydrogen-bond donors (Lipinski definition) is 1. The van der Waals surface area contributed by atoms with Gasteiger partial charge in [-0.25, -0.2) is 0 Å². The quantitative estimate of drug-likeness (QED) is 0.637. The van der Waals surface area contributed by atoms with Crippen molar-refractivity contribution in [2.24, 2.45) is 0 Å². The molecule has 4 nitrogen and oxygen atoms in total.